The fraction of sp³-hybridized carbons (Fsp3) is 0.263. The lowest BCUT2D eigenvalue weighted by atomic mass is 10.2. The second kappa shape index (κ2) is 9.68. The van der Waals surface area contributed by atoms with E-state index < -0.39 is 18.5 Å². The van der Waals surface area contributed by atoms with Crippen molar-refractivity contribution in [2.45, 2.75) is 13.8 Å². The maximum Gasteiger partial charge on any atom is 0.340 e. The first-order valence-corrected chi connectivity index (χ1v) is 8.80. The standard InChI is InChI=1S/C19H20ClN3O4/c1-3-23(4-2)18(25)13-5-8-15(9-6-13)22-17(24)12-27-19(26)14-7-10-16(20)21-11-14/h5-11H,3-4,12H2,1-2H3,(H,22,24). The van der Waals surface area contributed by atoms with Crippen LogP contribution in [0, 0.1) is 0 Å². The highest BCUT2D eigenvalue weighted by Crippen LogP contribution is 2.12. The fourth-order valence-electron chi connectivity index (χ4n) is 2.30. The summed E-state index contributed by atoms with van der Waals surface area (Å²) in [7, 11) is 0. The third kappa shape index (κ3) is 5.79. The van der Waals surface area contributed by atoms with E-state index in [1.165, 1.54) is 18.3 Å². The average Bonchev–Trinajstić information content (AvgIpc) is 2.68. The van der Waals surface area contributed by atoms with Crippen LogP contribution in [0.1, 0.15) is 34.6 Å². The molecule has 0 aliphatic rings. The minimum atomic E-state index is -0.672. The van der Waals surface area contributed by atoms with E-state index in [4.69, 9.17) is 16.3 Å². The molecule has 1 aromatic carbocycles. The zero-order valence-electron chi connectivity index (χ0n) is 15.1. The number of benzene rings is 1. The number of rotatable bonds is 7. The van der Waals surface area contributed by atoms with E-state index in [0.29, 0.717) is 24.3 Å². The molecule has 1 N–H and O–H groups in total. The van der Waals surface area contributed by atoms with Crippen molar-refractivity contribution in [2.75, 3.05) is 25.0 Å². The van der Waals surface area contributed by atoms with Gasteiger partial charge in [0.2, 0.25) is 0 Å². The number of nitrogens with zero attached hydrogens (tertiary/aromatic N) is 2. The van der Waals surface area contributed by atoms with Crippen molar-refractivity contribution >= 4 is 35.1 Å². The molecule has 0 saturated carbocycles. The Labute approximate surface area is 162 Å². The van der Waals surface area contributed by atoms with Gasteiger partial charge >= 0.3 is 5.97 Å². The van der Waals surface area contributed by atoms with E-state index in [2.05, 4.69) is 10.3 Å². The smallest absolute Gasteiger partial charge is 0.340 e. The third-order valence-corrected chi connectivity index (χ3v) is 3.99. The Kier molecular flexibility index (Phi) is 7.31. The van der Waals surface area contributed by atoms with Crippen molar-refractivity contribution in [3.8, 4) is 0 Å². The van der Waals surface area contributed by atoms with Gasteiger partial charge in [0.25, 0.3) is 11.8 Å². The molecule has 142 valence electrons. The van der Waals surface area contributed by atoms with Crippen molar-refractivity contribution < 1.29 is 19.1 Å². The van der Waals surface area contributed by atoms with E-state index >= 15 is 0 Å². The zero-order chi connectivity index (χ0) is 19.8. The normalized spacial score (nSPS) is 10.2. The van der Waals surface area contributed by atoms with Crippen molar-refractivity contribution in [1.29, 1.82) is 0 Å². The summed E-state index contributed by atoms with van der Waals surface area (Å²) in [5.74, 6) is -1.23. The van der Waals surface area contributed by atoms with Crippen LogP contribution in [0.4, 0.5) is 5.69 Å². The maximum absolute atomic E-state index is 12.2. The largest absolute Gasteiger partial charge is 0.452 e. The summed E-state index contributed by atoms with van der Waals surface area (Å²) in [6.07, 6.45) is 1.27. The first kappa shape index (κ1) is 20.4. The summed E-state index contributed by atoms with van der Waals surface area (Å²) in [5, 5.41) is 2.86. The van der Waals surface area contributed by atoms with Gasteiger partial charge in [0.1, 0.15) is 5.15 Å². The number of amides is 2. The van der Waals surface area contributed by atoms with Gasteiger partial charge in [-0.15, -0.1) is 0 Å². The molecule has 0 spiro atoms. The molecule has 0 unspecified atom stereocenters. The molecule has 27 heavy (non-hydrogen) atoms. The predicted octanol–water partition coefficient (Wildman–Crippen LogP) is 3.01. The Morgan fingerprint density at radius 3 is 2.22 bits per heavy atom. The van der Waals surface area contributed by atoms with Crippen LogP contribution in [0.5, 0.6) is 0 Å². The second-order valence-corrected chi connectivity index (χ2v) is 5.94. The molecule has 0 aliphatic heterocycles. The summed E-state index contributed by atoms with van der Waals surface area (Å²) >= 11 is 5.65. The monoisotopic (exact) mass is 389 g/mol. The molecule has 0 atom stereocenters. The van der Waals surface area contributed by atoms with E-state index in [-0.39, 0.29) is 16.6 Å². The van der Waals surface area contributed by atoms with Crippen molar-refractivity contribution in [3.05, 3.63) is 58.9 Å². The molecule has 1 aromatic heterocycles. The van der Waals surface area contributed by atoms with Crippen LogP contribution in [-0.2, 0) is 9.53 Å². The molecule has 0 fully saturated rings. The van der Waals surface area contributed by atoms with Crippen LogP contribution in [0.2, 0.25) is 5.15 Å². The number of carbonyl (C=O) groups is 3. The van der Waals surface area contributed by atoms with E-state index in [1.807, 2.05) is 13.8 Å². The average molecular weight is 390 g/mol. The highest BCUT2D eigenvalue weighted by Gasteiger charge is 2.13. The number of esters is 1. The number of halogens is 1. The first-order valence-electron chi connectivity index (χ1n) is 8.42. The SMILES string of the molecule is CCN(CC)C(=O)c1ccc(NC(=O)COC(=O)c2ccc(Cl)nc2)cc1. The summed E-state index contributed by atoms with van der Waals surface area (Å²) < 4.78 is 4.93. The number of hydrogen-bond acceptors (Lipinski definition) is 5. The highest BCUT2D eigenvalue weighted by atomic mass is 35.5. The minimum Gasteiger partial charge on any atom is -0.452 e. The Hall–Kier alpha value is -2.93. The Balaban J connectivity index is 1.87. The molecule has 2 amide bonds. The number of ether oxygens (including phenoxy) is 1. The zero-order valence-corrected chi connectivity index (χ0v) is 15.8. The Bertz CT molecular complexity index is 803. The molecule has 0 saturated heterocycles. The molecule has 7 nitrogen and oxygen atoms in total. The van der Waals surface area contributed by atoms with Crippen LogP contribution in [0.25, 0.3) is 0 Å². The maximum atomic E-state index is 12.2. The molecular weight excluding hydrogens is 370 g/mol. The van der Waals surface area contributed by atoms with Crippen LogP contribution in [-0.4, -0.2) is 47.4 Å². The lowest BCUT2D eigenvalue weighted by Crippen LogP contribution is -2.30. The second-order valence-electron chi connectivity index (χ2n) is 5.55. The van der Waals surface area contributed by atoms with Gasteiger partial charge in [-0.2, -0.15) is 0 Å². The molecule has 0 aliphatic carbocycles. The summed E-state index contributed by atoms with van der Waals surface area (Å²) in [5.41, 5.74) is 1.24. The Morgan fingerprint density at radius 1 is 1.04 bits per heavy atom. The van der Waals surface area contributed by atoms with Gasteiger partial charge in [-0.1, -0.05) is 11.6 Å². The van der Waals surface area contributed by atoms with Crippen molar-refractivity contribution in [2.24, 2.45) is 0 Å². The molecule has 1 heterocycles. The van der Waals surface area contributed by atoms with E-state index in [9.17, 15) is 14.4 Å². The number of hydrogen-bond donors (Lipinski definition) is 1. The quantitative estimate of drug-likeness (QED) is 0.580. The lowest BCUT2D eigenvalue weighted by Gasteiger charge is -2.18. The van der Waals surface area contributed by atoms with Gasteiger partial charge in [0.15, 0.2) is 6.61 Å². The number of carbonyl (C=O) groups excluding carboxylic acids is 3. The molecule has 0 radical (unpaired) electrons. The molecule has 2 aromatic rings. The van der Waals surface area contributed by atoms with E-state index in [0.717, 1.165) is 0 Å². The van der Waals surface area contributed by atoms with Crippen LogP contribution in [0.3, 0.4) is 0 Å². The third-order valence-electron chi connectivity index (χ3n) is 3.76. The number of aromatic nitrogens is 1. The Morgan fingerprint density at radius 2 is 1.67 bits per heavy atom. The van der Waals surface area contributed by atoms with E-state index in [1.54, 1.807) is 29.2 Å². The highest BCUT2D eigenvalue weighted by molar-refractivity contribution is 6.29. The van der Waals surface area contributed by atoms with Crippen LogP contribution >= 0.6 is 11.6 Å². The molecular formula is C19H20ClN3O4. The van der Waals surface area contributed by atoms with Crippen molar-refractivity contribution in [3.63, 3.8) is 0 Å². The topological polar surface area (TPSA) is 88.6 Å². The van der Waals surface area contributed by atoms with Gasteiger partial charge in [-0.3, -0.25) is 9.59 Å². The summed E-state index contributed by atoms with van der Waals surface area (Å²) in [6, 6.07) is 9.45. The number of pyridine rings is 1. The lowest BCUT2D eigenvalue weighted by molar-refractivity contribution is -0.119. The van der Waals surface area contributed by atoms with Crippen LogP contribution < -0.4 is 5.32 Å². The van der Waals surface area contributed by atoms with Gasteiger partial charge in [-0.25, -0.2) is 9.78 Å². The van der Waals surface area contributed by atoms with Crippen LogP contribution in [0.15, 0.2) is 42.6 Å². The summed E-state index contributed by atoms with van der Waals surface area (Å²) in [4.78, 5) is 41.5. The molecule has 2 rings (SSSR count). The van der Waals surface area contributed by atoms with Crippen molar-refractivity contribution in [1.82, 2.24) is 9.88 Å². The van der Waals surface area contributed by atoms with Gasteiger partial charge < -0.3 is 15.0 Å². The van der Waals surface area contributed by atoms with Gasteiger partial charge in [0, 0.05) is 30.5 Å². The fourth-order valence-corrected chi connectivity index (χ4v) is 2.41. The number of anilines is 1. The first-order chi connectivity index (χ1) is 12.9. The molecule has 0 bridgehead atoms. The minimum absolute atomic E-state index is 0.0663. The molecule has 8 heteroatoms. The predicted molar refractivity (Wildman–Crippen MR) is 102 cm³/mol. The summed E-state index contributed by atoms with van der Waals surface area (Å²) in [6.45, 7) is 4.64. The van der Waals surface area contributed by atoms with Gasteiger partial charge in [-0.05, 0) is 50.2 Å². The van der Waals surface area contributed by atoms with Gasteiger partial charge in [0.05, 0.1) is 5.56 Å². The number of nitrogens with one attached hydrogen (secondary N) is 1.